The van der Waals surface area contributed by atoms with E-state index >= 15 is 0 Å². The molecule has 0 N–H and O–H groups in total. The van der Waals surface area contributed by atoms with Crippen molar-refractivity contribution in [3.63, 3.8) is 0 Å². The highest BCUT2D eigenvalue weighted by molar-refractivity contribution is 6.30. The van der Waals surface area contributed by atoms with Gasteiger partial charge in [0, 0.05) is 16.1 Å². The minimum Gasteiger partial charge on any atom is -0.292 e. The van der Waals surface area contributed by atoms with Crippen LogP contribution in [0.5, 0.6) is 0 Å². The van der Waals surface area contributed by atoms with Crippen molar-refractivity contribution in [3.8, 4) is 0 Å². The zero-order valence-corrected chi connectivity index (χ0v) is 19.3. The van der Waals surface area contributed by atoms with Gasteiger partial charge in [0.05, 0.1) is 11.8 Å². The molecule has 2 bridgehead atoms. The molecule has 3 aliphatic rings. The predicted molar refractivity (Wildman–Crippen MR) is 122 cm³/mol. The van der Waals surface area contributed by atoms with Crippen LogP contribution < -0.4 is 0 Å². The summed E-state index contributed by atoms with van der Waals surface area (Å²) < 4.78 is 0. The molecule has 2 aromatic rings. The minimum atomic E-state index is -0.571. The van der Waals surface area contributed by atoms with Gasteiger partial charge in [-0.3, -0.25) is 19.2 Å². The molecule has 170 valence electrons. The molecule has 4 atom stereocenters. The number of hydrazine groups is 1. The summed E-state index contributed by atoms with van der Waals surface area (Å²) >= 11 is 5.97. The largest absolute Gasteiger partial charge is 0.292 e. The molecule has 2 saturated carbocycles. The standard InChI is InChI=1S/C26H25ClN2O4/c1-14-3-4-17(11-15(14)2)21(30)13-28(24(31)16-7-9-20(27)10-8-16)29-25(32)22-18-5-6-19(12-18)23(22)26(29)33/h3-4,7-11,18-19,22-23H,5-6,12-13H2,1-2H3/t18-,19-,22-,23-/m0/s1. The second-order valence-electron chi connectivity index (χ2n) is 9.46. The molecular weight excluding hydrogens is 440 g/mol. The van der Waals surface area contributed by atoms with Gasteiger partial charge in [0.15, 0.2) is 5.78 Å². The zero-order chi connectivity index (χ0) is 23.4. The summed E-state index contributed by atoms with van der Waals surface area (Å²) in [6.45, 7) is 3.47. The third kappa shape index (κ3) is 3.57. The number of fused-ring (bicyclic) bond motifs is 5. The Hall–Kier alpha value is -2.99. The van der Waals surface area contributed by atoms with Crippen molar-refractivity contribution in [3.05, 3.63) is 69.7 Å². The Morgan fingerprint density at radius 3 is 2.06 bits per heavy atom. The van der Waals surface area contributed by atoms with Crippen LogP contribution in [0.3, 0.4) is 0 Å². The summed E-state index contributed by atoms with van der Waals surface area (Å²) in [5, 5.41) is 2.47. The fourth-order valence-corrected chi connectivity index (χ4v) is 5.87. The van der Waals surface area contributed by atoms with Crippen molar-refractivity contribution < 1.29 is 19.2 Å². The highest BCUT2D eigenvalue weighted by Crippen LogP contribution is 2.56. The first-order valence-corrected chi connectivity index (χ1v) is 11.7. The van der Waals surface area contributed by atoms with Gasteiger partial charge in [-0.1, -0.05) is 23.7 Å². The lowest BCUT2D eigenvalue weighted by molar-refractivity contribution is -0.154. The van der Waals surface area contributed by atoms with E-state index in [1.165, 1.54) is 12.1 Å². The van der Waals surface area contributed by atoms with E-state index in [9.17, 15) is 19.2 Å². The first kappa shape index (κ1) is 21.8. The van der Waals surface area contributed by atoms with E-state index in [4.69, 9.17) is 11.6 Å². The molecule has 0 spiro atoms. The molecule has 2 aromatic carbocycles. The third-order valence-corrected chi connectivity index (χ3v) is 7.85. The van der Waals surface area contributed by atoms with Gasteiger partial charge >= 0.3 is 0 Å². The molecule has 1 heterocycles. The van der Waals surface area contributed by atoms with Crippen LogP contribution in [0.25, 0.3) is 0 Å². The molecule has 33 heavy (non-hydrogen) atoms. The van der Waals surface area contributed by atoms with Crippen LogP contribution in [0.15, 0.2) is 42.5 Å². The summed E-state index contributed by atoms with van der Waals surface area (Å²) in [7, 11) is 0. The van der Waals surface area contributed by atoms with Gasteiger partial charge in [0.25, 0.3) is 17.7 Å². The van der Waals surface area contributed by atoms with Gasteiger partial charge in [-0.15, -0.1) is 0 Å². The first-order valence-electron chi connectivity index (χ1n) is 11.3. The number of imide groups is 1. The van der Waals surface area contributed by atoms with Crippen LogP contribution in [-0.2, 0) is 9.59 Å². The number of carbonyl (C=O) groups is 4. The Labute approximate surface area is 197 Å². The summed E-state index contributed by atoms with van der Waals surface area (Å²) in [4.78, 5) is 53.5. The van der Waals surface area contributed by atoms with E-state index in [1.807, 2.05) is 19.9 Å². The van der Waals surface area contributed by atoms with Gasteiger partial charge in [-0.05, 0) is 86.4 Å². The normalized spacial score (nSPS) is 25.5. The molecule has 0 radical (unpaired) electrons. The zero-order valence-electron chi connectivity index (χ0n) is 18.6. The average molecular weight is 465 g/mol. The number of halogens is 1. The van der Waals surface area contributed by atoms with Crippen LogP contribution in [0.2, 0.25) is 5.02 Å². The van der Waals surface area contributed by atoms with Crippen molar-refractivity contribution in [1.29, 1.82) is 0 Å². The molecule has 1 saturated heterocycles. The first-order chi connectivity index (χ1) is 15.8. The summed E-state index contributed by atoms with van der Waals surface area (Å²) in [6.07, 6.45) is 2.77. The molecule has 1 aliphatic heterocycles. The average Bonchev–Trinajstić information content (AvgIpc) is 3.48. The molecule has 7 heteroatoms. The Bertz CT molecular complexity index is 1150. The van der Waals surface area contributed by atoms with E-state index in [-0.39, 0.29) is 46.8 Å². The van der Waals surface area contributed by atoms with Crippen LogP contribution in [-0.4, -0.2) is 40.1 Å². The van der Waals surface area contributed by atoms with Crippen LogP contribution in [0.4, 0.5) is 0 Å². The maximum atomic E-state index is 13.5. The van der Waals surface area contributed by atoms with Gasteiger partial charge < -0.3 is 0 Å². The number of benzene rings is 2. The summed E-state index contributed by atoms with van der Waals surface area (Å²) in [5.41, 5.74) is 2.70. The number of rotatable bonds is 5. The molecular formula is C26H25ClN2O4. The molecule has 3 amide bonds. The van der Waals surface area contributed by atoms with Crippen LogP contribution >= 0.6 is 11.6 Å². The van der Waals surface area contributed by atoms with E-state index in [0.717, 1.165) is 40.4 Å². The Morgan fingerprint density at radius 2 is 1.48 bits per heavy atom. The third-order valence-electron chi connectivity index (χ3n) is 7.59. The molecule has 3 fully saturated rings. The maximum Gasteiger partial charge on any atom is 0.273 e. The topological polar surface area (TPSA) is 74.8 Å². The lowest BCUT2D eigenvalue weighted by Crippen LogP contribution is -2.52. The molecule has 0 aromatic heterocycles. The maximum absolute atomic E-state index is 13.5. The second-order valence-corrected chi connectivity index (χ2v) is 9.90. The molecule has 5 rings (SSSR count). The van der Waals surface area contributed by atoms with Gasteiger partial charge in [-0.2, -0.15) is 5.01 Å². The molecule has 2 aliphatic carbocycles. The fraction of sp³-hybridized carbons (Fsp3) is 0.385. The number of Topliss-reactive ketones (excluding diaryl/α,β-unsaturated/α-hetero) is 1. The Morgan fingerprint density at radius 1 is 0.909 bits per heavy atom. The molecule has 0 unspecified atom stereocenters. The number of carbonyl (C=O) groups excluding carboxylic acids is 4. The fourth-order valence-electron chi connectivity index (χ4n) is 5.75. The minimum absolute atomic E-state index is 0.185. The second kappa shape index (κ2) is 8.10. The lowest BCUT2D eigenvalue weighted by atomic mass is 9.81. The van der Waals surface area contributed by atoms with Crippen molar-refractivity contribution in [2.24, 2.45) is 23.7 Å². The van der Waals surface area contributed by atoms with Crippen molar-refractivity contribution in [2.75, 3.05) is 6.54 Å². The highest BCUT2D eigenvalue weighted by atomic mass is 35.5. The van der Waals surface area contributed by atoms with Gasteiger partial charge in [0.2, 0.25) is 0 Å². The quantitative estimate of drug-likeness (QED) is 0.490. The SMILES string of the molecule is Cc1ccc(C(=O)CN(C(=O)c2ccc(Cl)cc2)N2C(=O)[C@H]3[C@H]4CC[C@@H](C4)[C@@H]3C2=O)cc1C. The monoisotopic (exact) mass is 464 g/mol. The van der Waals surface area contributed by atoms with E-state index in [2.05, 4.69) is 0 Å². The number of nitrogens with zero attached hydrogens (tertiary/aromatic N) is 2. The highest BCUT2D eigenvalue weighted by Gasteiger charge is 2.62. The number of hydrogen-bond acceptors (Lipinski definition) is 4. The predicted octanol–water partition coefficient (Wildman–Crippen LogP) is 4.23. The number of hydrogen-bond donors (Lipinski definition) is 0. The Kier molecular flexibility index (Phi) is 5.36. The van der Waals surface area contributed by atoms with E-state index in [1.54, 1.807) is 24.3 Å². The van der Waals surface area contributed by atoms with E-state index < -0.39 is 12.5 Å². The number of amides is 3. The summed E-state index contributed by atoms with van der Waals surface area (Å²) in [5.74, 6) is -2.01. The van der Waals surface area contributed by atoms with Gasteiger partial charge in [-0.25, -0.2) is 5.01 Å². The van der Waals surface area contributed by atoms with E-state index in [0.29, 0.717) is 10.6 Å². The smallest absolute Gasteiger partial charge is 0.273 e. The van der Waals surface area contributed by atoms with Crippen molar-refractivity contribution >= 4 is 35.1 Å². The van der Waals surface area contributed by atoms with Crippen molar-refractivity contribution in [1.82, 2.24) is 10.0 Å². The lowest BCUT2D eigenvalue weighted by Gasteiger charge is -2.31. The summed E-state index contributed by atoms with van der Waals surface area (Å²) in [6, 6.07) is 11.5. The molecule has 6 nitrogen and oxygen atoms in total. The number of aryl methyl sites for hydroxylation is 2. The van der Waals surface area contributed by atoms with Crippen molar-refractivity contribution in [2.45, 2.75) is 33.1 Å². The van der Waals surface area contributed by atoms with Crippen LogP contribution in [0.1, 0.15) is 51.1 Å². The van der Waals surface area contributed by atoms with Gasteiger partial charge in [0.1, 0.15) is 6.54 Å². The Balaban J connectivity index is 1.50. The van der Waals surface area contributed by atoms with Crippen LogP contribution in [0, 0.1) is 37.5 Å². The number of ketones is 1.